The van der Waals surface area contributed by atoms with Gasteiger partial charge in [0, 0.05) is 30.2 Å². The molecule has 3 nitrogen and oxygen atoms in total. The van der Waals surface area contributed by atoms with Crippen molar-refractivity contribution >= 4 is 17.7 Å². The standard InChI is InChI=1S/C17H25NO2S/c1-13-5-6-15(11-14(13)2)21-10-7-16(19)18-9-4-8-17(3,20)12-18/h5-6,11,20H,4,7-10,12H2,1-3H3. The minimum Gasteiger partial charge on any atom is -0.388 e. The molecule has 2 rings (SSSR count). The fraction of sp³-hybridized carbons (Fsp3) is 0.588. The van der Waals surface area contributed by atoms with Crippen LogP contribution in [-0.4, -0.2) is 40.4 Å². The number of hydrogen-bond donors (Lipinski definition) is 1. The van der Waals surface area contributed by atoms with Crippen LogP contribution in [0.15, 0.2) is 23.1 Å². The SMILES string of the molecule is Cc1ccc(SCCC(=O)N2CCCC(C)(O)C2)cc1C. The van der Waals surface area contributed by atoms with Gasteiger partial charge in [0.05, 0.1) is 5.60 Å². The Labute approximate surface area is 131 Å². The Kier molecular flexibility index (Phi) is 5.33. The number of thioether (sulfide) groups is 1. The summed E-state index contributed by atoms with van der Waals surface area (Å²) in [6.07, 6.45) is 2.21. The molecule has 1 heterocycles. The van der Waals surface area contributed by atoms with Crippen molar-refractivity contribution in [2.75, 3.05) is 18.8 Å². The molecular weight excluding hydrogens is 282 g/mol. The highest BCUT2D eigenvalue weighted by Gasteiger charge is 2.30. The van der Waals surface area contributed by atoms with Gasteiger partial charge >= 0.3 is 0 Å². The van der Waals surface area contributed by atoms with Crippen molar-refractivity contribution < 1.29 is 9.90 Å². The lowest BCUT2D eigenvalue weighted by atomic mass is 9.95. The monoisotopic (exact) mass is 307 g/mol. The van der Waals surface area contributed by atoms with Crippen molar-refractivity contribution in [1.29, 1.82) is 0 Å². The first-order valence-corrected chi connectivity index (χ1v) is 8.56. The summed E-state index contributed by atoms with van der Waals surface area (Å²) in [6.45, 7) is 7.29. The molecule has 0 spiro atoms. The smallest absolute Gasteiger partial charge is 0.223 e. The molecule has 21 heavy (non-hydrogen) atoms. The molecule has 1 saturated heterocycles. The van der Waals surface area contributed by atoms with Crippen LogP contribution in [0.5, 0.6) is 0 Å². The van der Waals surface area contributed by atoms with Gasteiger partial charge in [0.2, 0.25) is 5.91 Å². The third-order valence-corrected chi connectivity index (χ3v) is 5.09. The summed E-state index contributed by atoms with van der Waals surface area (Å²) in [7, 11) is 0. The van der Waals surface area contributed by atoms with E-state index >= 15 is 0 Å². The quantitative estimate of drug-likeness (QED) is 0.869. The first kappa shape index (κ1) is 16.4. The van der Waals surface area contributed by atoms with Crippen molar-refractivity contribution in [3.05, 3.63) is 29.3 Å². The largest absolute Gasteiger partial charge is 0.388 e. The molecule has 1 aliphatic rings. The van der Waals surface area contributed by atoms with Gasteiger partial charge in [-0.05, 0) is 56.9 Å². The van der Waals surface area contributed by atoms with Crippen molar-refractivity contribution in [2.45, 2.75) is 50.5 Å². The lowest BCUT2D eigenvalue weighted by Crippen LogP contribution is -2.48. The average molecular weight is 307 g/mol. The first-order chi connectivity index (χ1) is 9.87. The molecule has 116 valence electrons. The first-order valence-electron chi connectivity index (χ1n) is 7.58. The van der Waals surface area contributed by atoms with Gasteiger partial charge < -0.3 is 10.0 Å². The van der Waals surface area contributed by atoms with Crippen LogP contribution in [0.2, 0.25) is 0 Å². The highest BCUT2D eigenvalue weighted by Crippen LogP contribution is 2.24. The fourth-order valence-corrected chi connectivity index (χ4v) is 3.59. The number of benzene rings is 1. The molecule has 1 amide bonds. The van der Waals surface area contributed by atoms with Crippen LogP contribution < -0.4 is 0 Å². The number of carbonyl (C=O) groups is 1. The third-order valence-electron chi connectivity index (χ3n) is 4.09. The van der Waals surface area contributed by atoms with Crippen molar-refractivity contribution in [1.82, 2.24) is 4.90 Å². The van der Waals surface area contributed by atoms with E-state index < -0.39 is 5.60 Å². The van der Waals surface area contributed by atoms with E-state index in [2.05, 4.69) is 32.0 Å². The second-order valence-corrected chi connectivity index (χ2v) is 7.43. The number of hydrogen-bond acceptors (Lipinski definition) is 3. The van der Waals surface area contributed by atoms with Crippen molar-refractivity contribution in [3.8, 4) is 0 Å². The summed E-state index contributed by atoms with van der Waals surface area (Å²) < 4.78 is 0. The molecule has 0 bridgehead atoms. The Bertz CT molecular complexity index is 514. The van der Waals surface area contributed by atoms with Gasteiger partial charge in [-0.1, -0.05) is 6.07 Å². The number of nitrogens with zero attached hydrogens (tertiary/aromatic N) is 1. The van der Waals surface area contributed by atoms with Gasteiger partial charge in [-0.25, -0.2) is 0 Å². The van der Waals surface area contributed by atoms with Crippen LogP contribution in [0.4, 0.5) is 0 Å². The number of rotatable bonds is 4. The Hall–Kier alpha value is -1.00. The molecule has 1 unspecified atom stereocenters. The van der Waals surface area contributed by atoms with Crippen LogP contribution in [0, 0.1) is 13.8 Å². The Morgan fingerprint density at radius 3 is 2.81 bits per heavy atom. The van der Waals surface area contributed by atoms with E-state index in [0.29, 0.717) is 13.0 Å². The molecule has 0 saturated carbocycles. The fourth-order valence-electron chi connectivity index (χ4n) is 2.65. The summed E-state index contributed by atoms with van der Waals surface area (Å²) in [5.74, 6) is 0.950. The summed E-state index contributed by atoms with van der Waals surface area (Å²) in [6, 6.07) is 6.42. The van der Waals surface area contributed by atoms with Gasteiger partial charge in [0.15, 0.2) is 0 Å². The molecule has 0 radical (unpaired) electrons. The van der Waals surface area contributed by atoms with Crippen LogP contribution in [-0.2, 0) is 4.79 Å². The van der Waals surface area contributed by atoms with Gasteiger partial charge in [0.1, 0.15) is 0 Å². The van der Waals surface area contributed by atoms with Gasteiger partial charge in [-0.15, -0.1) is 11.8 Å². The normalized spacial score (nSPS) is 22.4. The minimum absolute atomic E-state index is 0.159. The van der Waals surface area contributed by atoms with Crippen LogP contribution in [0.1, 0.15) is 37.3 Å². The molecule has 0 aromatic heterocycles. The van der Waals surface area contributed by atoms with Crippen LogP contribution >= 0.6 is 11.8 Å². The number of likely N-dealkylation sites (tertiary alicyclic amines) is 1. The van der Waals surface area contributed by atoms with Gasteiger partial charge in [0.25, 0.3) is 0 Å². The van der Waals surface area contributed by atoms with E-state index in [-0.39, 0.29) is 5.91 Å². The zero-order valence-corrected chi connectivity index (χ0v) is 14.0. The molecule has 1 aliphatic heterocycles. The molecular formula is C17H25NO2S. The molecule has 1 N–H and O–H groups in total. The van der Waals surface area contributed by atoms with E-state index in [9.17, 15) is 9.90 Å². The van der Waals surface area contributed by atoms with Gasteiger partial charge in [-0.2, -0.15) is 0 Å². The predicted octanol–water partition coefficient (Wildman–Crippen LogP) is 3.16. The average Bonchev–Trinajstić information content (AvgIpc) is 2.41. The summed E-state index contributed by atoms with van der Waals surface area (Å²) in [5, 5.41) is 10.1. The summed E-state index contributed by atoms with van der Waals surface area (Å²) in [5.41, 5.74) is 1.87. The van der Waals surface area contributed by atoms with Crippen molar-refractivity contribution in [2.24, 2.45) is 0 Å². The zero-order chi connectivity index (χ0) is 15.5. The van der Waals surface area contributed by atoms with Crippen LogP contribution in [0.3, 0.4) is 0 Å². The maximum absolute atomic E-state index is 12.2. The highest BCUT2D eigenvalue weighted by atomic mass is 32.2. The van der Waals surface area contributed by atoms with E-state index in [1.54, 1.807) is 11.8 Å². The number of aliphatic hydroxyl groups is 1. The van der Waals surface area contributed by atoms with E-state index in [4.69, 9.17) is 0 Å². The Morgan fingerprint density at radius 1 is 1.38 bits per heavy atom. The molecule has 4 heteroatoms. The second kappa shape index (κ2) is 6.84. The predicted molar refractivity (Wildman–Crippen MR) is 87.7 cm³/mol. The third kappa shape index (κ3) is 4.75. The molecule has 1 aromatic rings. The lowest BCUT2D eigenvalue weighted by molar-refractivity contribution is -0.137. The van der Waals surface area contributed by atoms with Crippen molar-refractivity contribution in [3.63, 3.8) is 0 Å². The topological polar surface area (TPSA) is 40.5 Å². The maximum Gasteiger partial charge on any atom is 0.223 e. The Morgan fingerprint density at radius 2 is 2.14 bits per heavy atom. The molecule has 1 atom stereocenters. The second-order valence-electron chi connectivity index (χ2n) is 6.26. The number of aryl methyl sites for hydroxylation is 2. The van der Waals surface area contributed by atoms with E-state index in [1.165, 1.54) is 16.0 Å². The molecule has 1 fully saturated rings. The number of amides is 1. The molecule has 0 aliphatic carbocycles. The highest BCUT2D eigenvalue weighted by molar-refractivity contribution is 7.99. The summed E-state index contributed by atoms with van der Waals surface area (Å²) in [4.78, 5) is 15.2. The van der Waals surface area contributed by atoms with E-state index in [1.807, 2.05) is 11.8 Å². The minimum atomic E-state index is -0.713. The Balaban J connectivity index is 1.80. The van der Waals surface area contributed by atoms with E-state index in [0.717, 1.165) is 25.1 Å². The maximum atomic E-state index is 12.2. The number of piperidine rings is 1. The van der Waals surface area contributed by atoms with Gasteiger partial charge in [-0.3, -0.25) is 4.79 Å². The number of carbonyl (C=O) groups excluding carboxylic acids is 1. The van der Waals surface area contributed by atoms with Crippen LogP contribution in [0.25, 0.3) is 0 Å². The zero-order valence-electron chi connectivity index (χ0n) is 13.2. The lowest BCUT2D eigenvalue weighted by Gasteiger charge is -2.36. The molecule has 1 aromatic carbocycles. The number of β-amino-alcohol motifs (C(OH)–C–C–N with tert-alkyl or cyclic N) is 1. The summed E-state index contributed by atoms with van der Waals surface area (Å²) >= 11 is 1.73.